The van der Waals surface area contributed by atoms with Gasteiger partial charge in [0.2, 0.25) is 5.95 Å². The zero-order valence-corrected chi connectivity index (χ0v) is 14.3. The van der Waals surface area contributed by atoms with Crippen molar-refractivity contribution in [2.24, 2.45) is 0 Å². The standard InChI is InChI=1S/C18H28N4O/c1-3-4-12-22(2)18-20-13-16(14-21-18)17(23)19-11-10-15-8-6-5-7-9-15/h8,13-14H,3-7,9-12H2,1-2H3,(H,19,23). The van der Waals surface area contributed by atoms with Gasteiger partial charge in [-0.25, -0.2) is 9.97 Å². The third-order valence-electron chi connectivity index (χ3n) is 4.21. The Hall–Kier alpha value is -1.91. The highest BCUT2D eigenvalue weighted by Crippen LogP contribution is 2.19. The first-order valence-electron chi connectivity index (χ1n) is 8.70. The normalized spacial score (nSPS) is 14.3. The van der Waals surface area contributed by atoms with E-state index < -0.39 is 0 Å². The Bertz CT molecular complexity index is 524. The minimum atomic E-state index is -0.0934. The lowest BCUT2D eigenvalue weighted by atomic mass is 9.97. The predicted molar refractivity (Wildman–Crippen MR) is 93.7 cm³/mol. The molecule has 0 radical (unpaired) electrons. The molecule has 1 aliphatic carbocycles. The maximum Gasteiger partial charge on any atom is 0.254 e. The van der Waals surface area contributed by atoms with Gasteiger partial charge in [0, 0.05) is 32.5 Å². The van der Waals surface area contributed by atoms with Gasteiger partial charge >= 0.3 is 0 Å². The summed E-state index contributed by atoms with van der Waals surface area (Å²) in [7, 11) is 1.97. The number of carbonyl (C=O) groups is 1. The van der Waals surface area contributed by atoms with E-state index in [4.69, 9.17) is 0 Å². The fourth-order valence-corrected chi connectivity index (χ4v) is 2.70. The number of hydrogen-bond acceptors (Lipinski definition) is 4. The summed E-state index contributed by atoms with van der Waals surface area (Å²) in [5.74, 6) is 0.575. The van der Waals surface area contributed by atoms with E-state index in [9.17, 15) is 4.79 Å². The van der Waals surface area contributed by atoms with E-state index in [2.05, 4.69) is 28.3 Å². The lowest BCUT2D eigenvalue weighted by Crippen LogP contribution is -2.26. The van der Waals surface area contributed by atoms with E-state index in [0.717, 1.165) is 25.8 Å². The van der Waals surface area contributed by atoms with Gasteiger partial charge < -0.3 is 10.2 Å². The van der Waals surface area contributed by atoms with E-state index >= 15 is 0 Å². The molecule has 5 heteroatoms. The first-order chi connectivity index (χ1) is 11.2. The summed E-state index contributed by atoms with van der Waals surface area (Å²) in [6, 6.07) is 0. The van der Waals surface area contributed by atoms with Crippen LogP contribution in [0.25, 0.3) is 0 Å². The second-order valence-electron chi connectivity index (χ2n) is 6.16. The Kier molecular flexibility index (Phi) is 7.04. The summed E-state index contributed by atoms with van der Waals surface area (Å²) in [6.07, 6.45) is 13.7. The summed E-state index contributed by atoms with van der Waals surface area (Å²) in [4.78, 5) is 22.7. The SMILES string of the molecule is CCCCN(C)c1ncc(C(=O)NCCC2=CCCCC2)cn1. The van der Waals surface area contributed by atoms with Gasteiger partial charge in [-0.3, -0.25) is 4.79 Å². The van der Waals surface area contributed by atoms with Gasteiger partial charge in [0.15, 0.2) is 0 Å². The number of amides is 1. The van der Waals surface area contributed by atoms with Crippen LogP contribution in [0.3, 0.4) is 0 Å². The summed E-state index contributed by atoms with van der Waals surface area (Å²) in [5.41, 5.74) is 2.00. The molecule has 1 aliphatic rings. The van der Waals surface area contributed by atoms with Crippen molar-refractivity contribution in [1.29, 1.82) is 0 Å². The lowest BCUT2D eigenvalue weighted by Gasteiger charge is -2.16. The molecule has 5 nitrogen and oxygen atoms in total. The van der Waals surface area contributed by atoms with Crippen molar-refractivity contribution in [1.82, 2.24) is 15.3 Å². The number of allylic oxidation sites excluding steroid dienone is 1. The average molecular weight is 316 g/mol. The highest BCUT2D eigenvalue weighted by Gasteiger charge is 2.09. The monoisotopic (exact) mass is 316 g/mol. The van der Waals surface area contributed by atoms with Crippen molar-refractivity contribution in [2.75, 3.05) is 25.0 Å². The second kappa shape index (κ2) is 9.28. The van der Waals surface area contributed by atoms with Crippen molar-refractivity contribution >= 4 is 11.9 Å². The average Bonchev–Trinajstić information content (AvgIpc) is 2.60. The maximum absolute atomic E-state index is 12.1. The van der Waals surface area contributed by atoms with Crippen molar-refractivity contribution < 1.29 is 4.79 Å². The molecule has 0 spiro atoms. The first-order valence-corrected chi connectivity index (χ1v) is 8.70. The van der Waals surface area contributed by atoms with Gasteiger partial charge in [-0.2, -0.15) is 0 Å². The van der Waals surface area contributed by atoms with Gasteiger partial charge in [-0.05, 0) is 38.5 Å². The molecule has 0 unspecified atom stereocenters. The van der Waals surface area contributed by atoms with Gasteiger partial charge in [0.1, 0.15) is 0 Å². The number of anilines is 1. The molecule has 23 heavy (non-hydrogen) atoms. The zero-order chi connectivity index (χ0) is 16.5. The lowest BCUT2D eigenvalue weighted by molar-refractivity contribution is 0.0953. The van der Waals surface area contributed by atoms with E-state index in [1.165, 1.54) is 31.3 Å². The van der Waals surface area contributed by atoms with Crippen LogP contribution in [0.2, 0.25) is 0 Å². The zero-order valence-electron chi connectivity index (χ0n) is 14.3. The number of aromatic nitrogens is 2. The van der Waals surface area contributed by atoms with Crippen LogP contribution in [0.4, 0.5) is 5.95 Å². The Morgan fingerprint density at radius 1 is 1.30 bits per heavy atom. The number of rotatable bonds is 8. The maximum atomic E-state index is 12.1. The molecule has 0 saturated carbocycles. The molecule has 0 aliphatic heterocycles. The predicted octanol–water partition coefficient (Wildman–Crippen LogP) is 3.33. The molecule has 0 atom stereocenters. The molecule has 1 N–H and O–H groups in total. The Labute approximate surface area is 139 Å². The largest absolute Gasteiger partial charge is 0.352 e. The molecule has 126 valence electrons. The van der Waals surface area contributed by atoms with E-state index in [0.29, 0.717) is 18.1 Å². The number of hydrogen-bond donors (Lipinski definition) is 1. The quantitative estimate of drug-likeness (QED) is 0.747. The van der Waals surface area contributed by atoms with Crippen LogP contribution in [-0.2, 0) is 0 Å². The van der Waals surface area contributed by atoms with Crippen LogP contribution in [0.15, 0.2) is 24.0 Å². The van der Waals surface area contributed by atoms with Crippen LogP contribution in [0.1, 0.15) is 62.2 Å². The number of carbonyl (C=O) groups excluding carboxylic acids is 1. The molecule has 0 saturated heterocycles. The second-order valence-corrected chi connectivity index (χ2v) is 6.16. The molecule has 1 heterocycles. The van der Waals surface area contributed by atoms with Crippen LogP contribution in [-0.4, -0.2) is 36.0 Å². The molecule has 0 fully saturated rings. The van der Waals surface area contributed by atoms with E-state index in [-0.39, 0.29) is 5.91 Å². The molecule has 1 aromatic heterocycles. The third-order valence-corrected chi connectivity index (χ3v) is 4.21. The minimum Gasteiger partial charge on any atom is -0.352 e. The van der Waals surface area contributed by atoms with E-state index in [1.54, 1.807) is 12.4 Å². The summed E-state index contributed by atoms with van der Waals surface area (Å²) in [5, 5.41) is 2.96. The highest BCUT2D eigenvalue weighted by molar-refractivity contribution is 5.93. The Morgan fingerprint density at radius 2 is 2.09 bits per heavy atom. The minimum absolute atomic E-state index is 0.0934. The smallest absolute Gasteiger partial charge is 0.254 e. The molecular formula is C18H28N4O. The summed E-state index contributed by atoms with van der Waals surface area (Å²) in [6.45, 7) is 3.77. The van der Waals surface area contributed by atoms with Crippen molar-refractivity contribution in [3.63, 3.8) is 0 Å². The first kappa shape index (κ1) is 17.4. The van der Waals surface area contributed by atoms with Crippen molar-refractivity contribution in [2.45, 2.75) is 51.9 Å². The number of nitrogens with zero attached hydrogens (tertiary/aromatic N) is 3. The highest BCUT2D eigenvalue weighted by atomic mass is 16.1. The molecule has 0 bridgehead atoms. The van der Waals surface area contributed by atoms with Crippen molar-refractivity contribution in [3.8, 4) is 0 Å². The van der Waals surface area contributed by atoms with Gasteiger partial charge in [0.25, 0.3) is 5.91 Å². The molecule has 0 aromatic carbocycles. The summed E-state index contributed by atoms with van der Waals surface area (Å²) >= 11 is 0. The molecule has 2 rings (SSSR count). The Balaban J connectivity index is 1.79. The Morgan fingerprint density at radius 3 is 2.74 bits per heavy atom. The van der Waals surface area contributed by atoms with Gasteiger partial charge in [-0.15, -0.1) is 0 Å². The number of unbranched alkanes of at least 4 members (excludes halogenated alkanes) is 1. The summed E-state index contributed by atoms with van der Waals surface area (Å²) < 4.78 is 0. The molecular weight excluding hydrogens is 288 g/mol. The van der Waals surface area contributed by atoms with Gasteiger partial charge in [0.05, 0.1) is 5.56 Å². The van der Waals surface area contributed by atoms with Crippen LogP contribution in [0, 0.1) is 0 Å². The van der Waals surface area contributed by atoms with Gasteiger partial charge in [-0.1, -0.05) is 25.0 Å². The van der Waals surface area contributed by atoms with Crippen LogP contribution in [0.5, 0.6) is 0 Å². The third kappa shape index (κ3) is 5.66. The fraction of sp³-hybridized carbons (Fsp3) is 0.611. The topological polar surface area (TPSA) is 58.1 Å². The van der Waals surface area contributed by atoms with E-state index in [1.807, 2.05) is 11.9 Å². The fourth-order valence-electron chi connectivity index (χ4n) is 2.70. The molecule has 1 aromatic rings. The van der Waals surface area contributed by atoms with Crippen LogP contribution < -0.4 is 10.2 Å². The van der Waals surface area contributed by atoms with Crippen molar-refractivity contribution in [3.05, 3.63) is 29.6 Å². The molecule has 1 amide bonds. The van der Waals surface area contributed by atoms with Crippen LogP contribution >= 0.6 is 0 Å². The number of nitrogens with one attached hydrogen (secondary N) is 1.